The van der Waals surface area contributed by atoms with E-state index in [0.717, 1.165) is 14.5 Å². The molecule has 1 aromatic carbocycles. The van der Waals surface area contributed by atoms with Crippen molar-refractivity contribution in [1.82, 2.24) is 0 Å². The first kappa shape index (κ1) is 10.9. The summed E-state index contributed by atoms with van der Waals surface area (Å²) in [7, 11) is 0. The van der Waals surface area contributed by atoms with E-state index < -0.39 is 3.61 Å². The molecule has 0 aliphatic heterocycles. The van der Waals surface area contributed by atoms with Gasteiger partial charge in [-0.3, -0.25) is 0 Å². The molecule has 1 nitrogen and oxygen atoms in total. The molecule has 0 saturated carbocycles. The molecule has 1 rings (SSSR count). The molecule has 12 heavy (non-hydrogen) atoms. The predicted octanol–water partition coefficient (Wildman–Crippen LogP) is 3.81. The first-order chi connectivity index (χ1) is 5.39. The minimum atomic E-state index is -0.815. The zero-order chi connectivity index (χ0) is 9.35. The van der Waals surface area contributed by atoms with Gasteiger partial charge in [-0.15, -0.1) is 0 Å². The molecular weight excluding hydrogens is 399 g/mol. The van der Waals surface area contributed by atoms with Crippen molar-refractivity contribution < 1.29 is 5.11 Å². The second-order valence-electron chi connectivity index (χ2n) is 2.61. The minimum Gasteiger partial charge on any atom is -0.376 e. The maximum absolute atomic E-state index is 9.68. The summed E-state index contributed by atoms with van der Waals surface area (Å²) >= 11 is 8.71. The summed E-state index contributed by atoms with van der Waals surface area (Å²) in [6, 6.07) is 5.74. The van der Waals surface area contributed by atoms with Gasteiger partial charge in [0, 0.05) is 8.95 Å². The average Bonchev–Trinajstić information content (AvgIpc) is 1.82. The van der Waals surface area contributed by atoms with Gasteiger partial charge in [-0.05, 0) is 53.3 Å². The topological polar surface area (TPSA) is 20.2 Å². The van der Waals surface area contributed by atoms with Crippen LogP contribution in [0, 0.1) is 0 Å². The van der Waals surface area contributed by atoms with E-state index in [9.17, 15) is 5.11 Å². The standard InChI is InChI=1S/C8H7Br2IO/c1-8(11,12)5-2-6(9)4-7(10)3-5/h2-4,12H,1H3/t8-/m0/s1. The van der Waals surface area contributed by atoms with E-state index in [4.69, 9.17) is 0 Å². The molecule has 0 spiro atoms. The molecule has 4 heteroatoms. The number of halogens is 3. The molecule has 0 amide bonds. The van der Waals surface area contributed by atoms with Gasteiger partial charge in [0.05, 0.1) is 0 Å². The molecule has 0 radical (unpaired) electrons. The maximum Gasteiger partial charge on any atom is 0.138 e. The van der Waals surface area contributed by atoms with Gasteiger partial charge in [-0.2, -0.15) is 0 Å². The van der Waals surface area contributed by atoms with E-state index in [1.807, 2.05) is 40.8 Å². The Bertz CT molecular complexity index is 273. The lowest BCUT2D eigenvalue weighted by Crippen LogP contribution is -2.10. The number of hydrogen-bond donors (Lipinski definition) is 1. The van der Waals surface area contributed by atoms with Crippen LogP contribution in [0.5, 0.6) is 0 Å². The van der Waals surface area contributed by atoms with Crippen molar-refractivity contribution >= 4 is 54.5 Å². The third-order valence-electron chi connectivity index (χ3n) is 1.39. The lowest BCUT2D eigenvalue weighted by molar-refractivity contribution is 0.178. The highest BCUT2D eigenvalue weighted by Crippen LogP contribution is 2.32. The van der Waals surface area contributed by atoms with Crippen LogP contribution in [-0.4, -0.2) is 5.11 Å². The fraction of sp³-hybridized carbons (Fsp3) is 0.250. The highest BCUT2D eigenvalue weighted by atomic mass is 127. The normalized spacial score (nSPS) is 15.8. The van der Waals surface area contributed by atoms with E-state index >= 15 is 0 Å². The highest BCUT2D eigenvalue weighted by molar-refractivity contribution is 14.1. The number of aliphatic hydroxyl groups is 1. The quantitative estimate of drug-likeness (QED) is 0.556. The molecule has 0 heterocycles. The monoisotopic (exact) mass is 404 g/mol. The number of alkyl halides is 1. The van der Waals surface area contributed by atoms with Gasteiger partial charge in [-0.1, -0.05) is 31.9 Å². The highest BCUT2D eigenvalue weighted by Gasteiger charge is 2.18. The Balaban J connectivity index is 3.18. The third-order valence-corrected chi connectivity index (χ3v) is 2.93. The zero-order valence-corrected chi connectivity index (χ0v) is 11.6. The second-order valence-corrected chi connectivity index (χ2v) is 6.54. The number of rotatable bonds is 1. The van der Waals surface area contributed by atoms with Gasteiger partial charge in [-0.25, -0.2) is 0 Å². The SMILES string of the molecule is C[C@@](O)(I)c1cc(Br)cc(Br)c1. The summed E-state index contributed by atoms with van der Waals surface area (Å²) in [4.78, 5) is 0. The van der Waals surface area contributed by atoms with Crippen molar-refractivity contribution in [3.63, 3.8) is 0 Å². The van der Waals surface area contributed by atoms with Gasteiger partial charge >= 0.3 is 0 Å². The van der Waals surface area contributed by atoms with Crippen LogP contribution >= 0.6 is 54.5 Å². The van der Waals surface area contributed by atoms with Crippen LogP contribution in [0.25, 0.3) is 0 Å². The Morgan fingerprint density at radius 2 is 1.67 bits per heavy atom. The first-order valence-corrected chi connectivity index (χ1v) is 5.94. The third kappa shape index (κ3) is 2.97. The van der Waals surface area contributed by atoms with Gasteiger partial charge in [0.1, 0.15) is 3.61 Å². The summed E-state index contributed by atoms with van der Waals surface area (Å²) in [5.41, 5.74) is 0.879. The molecule has 66 valence electrons. The van der Waals surface area contributed by atoms with Crippen LogP contribution in [0.3, 0.4) is 0 Å². The van der Waals surface area contributed by atoms with Crippen LogP contribution in [0.15, 0.2) is 27.1 Å². The Kier molecular flexibility index (Phi) is 3.59. The summed E-state index contributed by atoms with van der Waals surface area (Å²) < 4.78 is 1.11. The fourth-order valence-electron chi connectivity index (χ4n) is 0.817. The van der Waals surface area contributed by atoms with Crippen molar-refractivity contribution in [1.29, 1.82) is 0 Å². The predicted molar refractivity (Wildman–Crippen MR) is 65.4 cm³/mol. The summed E-state index contributed by atoms with van der Waals surface area (Å²) in [6.07, 6.45) is 0. The lowest BCUT2D eigenvalue weighted by atomic mass is 10.1. The molecule has 0 aliphatic rings. The molecule has 0 bridgehead atoms. The van der Waals surface area contributed by atoms with Crippen LogP contribution in [-0.2, 0) is 3.61 Å². The van der Waals surface area contributed by atoms with Crippen LogP contribution in [0.2, 0.25) is 0 Å². The van der Waals surface area contributed by atoms with Gasteiger partial charge < -0.3 is 5.11 Å². The van der Waals surface area contributed by atoms with Crippen molar-refractivity contribution in [3.05, 3.63) is 32.7 Å². The minimum absolute atomic E-state index is 0.815. The number of benzene rings is 1. The second kappa shape index (κ2) is 3.94. The molecule has 0 aromatic heterocycles. The molecule has 1 atom stereocenters. The van der Waals surface area contributed by atoms with Gasteiger partial charge in [0.25, 0.3) is 0 Å². The van der Waals surface area contributed by atoms with Crippen molar-refractivity contribution in [2.75, 3.05) is 0 Å². The van der Waals surface area contributed by atoms with E-state index in [0.29, 0.717) is 0 Å². The Morgan fingerprint density at radius 3 is 2.00 bits per heavy atom. The molecule has 0 fully saturated rings. The molecule has 0 aliphatic carbocycles. The zero-order valence-electron chi connectivity index (χ0n) is 6.31. The van der Waals surface area contributed by atoms with Crippen molar-refractivity contribution in [3.8, 4) is 0 Å². The Morgan fingerprint density at radius 1 is 1.25 bits per heavy atom. The van der Waals surface area contributed by atoms with E-state index in [1.54, 1.807) is 6.92 Å². The van der Waals surface area contributed by atoms with Crippen molar-refractivity contribution in [2.24, 2.45) is 0 Å². The summed E-state index contributed by atoms with van der Waals surface area (Å²) in [5.74, 6) is 0. The number of hydrogen-bond acceptors (Lipinski definition) is 1. The first-order valence-electron chi connectivity index (χ1n) is 3.27. The van der Waals surface area contributed by atoms with E-state index in [2.05, 4.69) is 31.9 Å². The lowest BCUT2D eigenvalue weighted by Gasteiger charge is -2.16. The van der Waals surface area contributed by atoms with Crippen molar-refractivity contribution in [2.45, 2.75) is 10.5 Å². The van der Waals surface area contributed by atoms with Crippen LogP contribution < -0.4 is 0 Å². The van der Waals surface area contributed by atoms with Crippen LogP contribution in [0.4, 0.5) is 0 Å². The smallest absolute Gasteiger partial charge is 0.138 e. The molecule has 0 unspecified atom stereocenters. The summed E-state index contributed by atoms with van der Waals surface area (Å²) in [5, 5.41) is 9.68. The molecular formula is C8H7Br2IO. The molecule has 1 N–H and O–H groups in total. The largest absolute Gasteiger partial charge is 0.376 e. The molecule has 1 aromatic rings. The Hall–Kier alpha value is 0.870. The summed E-state index contributed by atoms with van der Waals surface area (Å²) in [6.45, 7) is 1.75. The van der Waals surface area contributed by atoms with E-state index in [1.165, 1.54) is 0 Å². The maximum atomic E-state index is 9.68. The van der Waals surface area contributed by atoms with Gasteiger partial charge in [0.2, 0.25) is 0 Å². The van der Waals surface area contributed by atoms with E-state index in [-0.39, 0.29) is 0 Å². The van der Waals surface area contributed by atoms with Gasteiger partial charge in [0.15, 0.2) is 0 Å². The van der Waals surface area contributed by atoms with Crippen LogP contribution in [0.1, 0.15) is 12.5 Å². The average molecular weight is 406 g/mol. The molecule has 0 saturated heterocycles. The fourth-order valence-corrected chi connectivity index (χ4v) is 2.42. The Labute approximate surface area is 102 Å².